The van der Waals surface area contributed by atoms with Gasteiger partial charge in [0.15, 0.2) is 9.84 Å². The van der Waals surface area contributed by atoms with E-state index in [2.05, 4.69) is 15.9 Å². The van der Waals surface area contributed by atoms with Gasteiger partial charge < -0.3 is 4.90 Å². The molecule has 1 atom stereocenters. The van der Waals surface area contributed by atoms with Crippen LogP contribution in [0.1, 0.15) is 42.2 Å². The molecule has 26 heavy (non-hydrogen) atoms. The van der Waals surface area contributed by atoms with Crippen LogP contribution in [0.25, 0.3) is 0 Å². The van der Waals surface area contributed by atoms with Crippen molar-refractivity contribution >= 4 is 43.3 Å². The van der Waals surface area contributed by atoms with Crippen LogP contribution in [-0.4, -0.2) is 32.0 Å². The fourth-order valence-corrected chi connectivity index (χ4v) is 4.70. The van der Waals surface area contributed by atoms with Crippen molar-refractivity contribution in [1.82, 2.24) is 4.90 Å². The van der Waals surface area contributed by atoms with E-state index in [1.54, 1.807) is 11.0 Å². The van der Waals surface area contributed by atoms with Gasteiger partial charge in [0.05, 0.1) is 16.0 Å². The summed E-state index contributed by atoms with van der Waals surface area (Å²) in [7, 11) is -3.52. The molecular formula is C19H21BrClNO3S. The van der Waals surface area contributed by atoms with E-state index in [0.717, 1.165) is 22.7 Å². The molecule has 2 aromatic rings. The van der Waals surface area contributed by atoms with Crippen molar-refractivity contribution in [2.45, 2.75) is 31.2 Å². The monoisotopic (exact) mass is 457 g/mol. The lowest BCUT2D eigenvalue weighted by Crippen LogP contribution is -2.34. The lowest BCUT2D eigenvalue weighted by molar-refractivity contribution is 0.0690. The van der Waals surface area contributed by atoms with Crippen LogP contribution in [0, 0.1) is 0 Å². The smallest absolute Gasteiger partial charge is 0.254 e. The van der Waals surface area contributed by atoms with E-state index < -0.39 is 9.84 Å². The number of amides is 1. The van der Waals surface area contributed by atoms with Gasteiger partial charge in [0, 0.05) is 22.8 Å². The van der Waals surface area contributed by atoms with E-state index in [0.29, 0.717) is 12.1 Å². The molecule has 0 N–H and O–H groups in total. The Labute approximate surface area is 168 Å². The molecule has 0 fully saturated rings. The Morgan fingerprint density at radius 2 is 1.88 bits per heavy atom. The molecule has 0 spiro atoms. The molecule has 0 heterocycles. The molecule has 2 rings (SSSR count). The van der Waals surface area contributed by atoms with Crippen LogP contribution in [0.15, 0.2) is 51.8 Å². The number of rotatable bonds is 6. The SMILES string of the molecule is CCCN(C(=O)c1ccc(Cl)c(S(C)(=O)=O)c1)C(C)c1ccccc1Br. The molecule has 1 amide bonds. The summed E-state index contributed by atoms with van der Waals surface area (Å²) in [5.41, 5.74) is 1.30. The molecule has 0 saturated heterocycles. The lowest BCUT2D eigenvalue weighted by Gasteiger charge is -2.30. The topological polar surface area (TPSA) is 54.5 Å². The third-order valence-electron chi connectivity index (χ3n) is 4.13. The number of sulfone groups is 1. The van der Waals surface area contributed by atoms with Gasteiger partial charge in [-0.25, -0.2) is 8.42 Å². The van der Waals surface area contributed by atoms with Crippen molar-refractivity contribution in [3.63, 3.8) is 0 Å². The van der Waals surface area contributed by atoms with Crippen LogP contribution >= 0.6 is 27.5 Å². The highest BCUT2D eigenvalue weighted by Gasteiger charge is 2.25. The second-order valence-electron chi connectivity index (χ2n) is 6.11. The summed E-state index contributed by atoms with van der Waals surface area (Å²) in [6.45, 7) is 4.51. The van der Waals surface area contributed by atoms with Crippen molar-refractivity contribution in [2.75, 3.05) is 12.8 Å². The molecule has 2 aromatic carbocycles. The van der Waals surface area contributed by atoms with Gasteiger partial charge in [-0.2, -0.15) is 0 Å². The molecule has 0 aliphatic heterocycles. The van der Waals surface area contributed by atoms with Crippen molar-refractivity contribution in [3.8, 4) is 0 Å². The van der Waals surface area contributed by atoms with Crippen LogP contribution in [0.2, 0.25) is 5.02 Å². The van der Waals surface area contributed by atoms with Crippen LogP contribution < -0.4 is 0 Å². The van der Waals surface area contributed by atoms with Gasteiger partial charge in [0.2, 0.25) is 0 Å². The molecule has 0 aromatic heterocycles. The maximum atomic E-state index is 13.1. The summed E-state index contributed by atoms with van der Waals surface area (Å²) in [5.74, 6) is -0.225. The van der Waals surface area contributed by atoms with E-state index in [-0.39, 0.29) is 21.9 Å². The number of carbonyl (C=O) groups is 1. The third kappa shape index (κ3) is 4.67. The Balaban J connectivity index is 2.45. The molecule has 4 nitrogen and oxygen atoms in total. The highest BCUT2D eigenvalue weighted by atomic mass is 79.9. The third-order valence-corrected chi connectivity index (χ3v) is 6.43. The summed E-state index contributed by atoms with van der Waals surface area (Å²) in [4.78, 5) is 14.8. The van der Waals surface area contributed by atoms with E-state index in [1.165, 1.54) is 12.1 Å². The van der Waals surface area contributed by atoms with Crippen molar-refractivity contribution in [1.29, 1.82) is 0 Å². The first kappa shape index (κ1) is 20.9. The second kappa shape index (κ2) is 8.55. The number of hydrogen-bond acceptors (Lipinski definition) is 3. The van der Waals surface area contributed by atoms with Crippen molar-refractivity contribution < 1.29 is 13.2 Å². The van der Waals surface area contributed by atoms with Gasteiger partial charge >= 0.3 is 0 Å². The van der Waals surface area contributed by atoms with Crippen LogP contribution in [0.5, 0.6) is 0 Å². The summed E-state index contributed by atoms with van der Waals surface area (Å²) in [6, 6.07) is 12.0. The van der Waals surface area contributed by atoms with Gasteiger partial charge in [-0.1, -0.05) is 52.7 Å². The van der Waals surface area contributed by atoms with Crippen LogP contribution in [0.3, 0.4) is 0 Å². The van der Waals surface area contributed by atoms with Gasteiger partial charge in [0.1, 0.15) is 0 Å². The minimum absolute atomic E-state index is 0.0324. The largest absolute Gasteiger partial charge is 0.332 e. The fourth-order valence-electron chi connectivity index (χ4n) is 2.78. The Bertz CT molecular complexity index is 915. The Morgan fingerprint density at radius 1 is 1.23 bits per heavy atom. The number of benzene rings is 2. The molecule has 0 radical (unpaired) electrons. The molecular weight excluding hydrogens is 438 g/mol. The number of nitrogens with zero attached hydrogens (tertiary/aromatic N) is 1. The summed E-state index contributed by atoms with van der Waals surface area (Å²) < 4.78 is 24.7. The maximum absolute atomic E-state index is 13.1. The predicted molar refractivity (Wildman–Crippen MR) is 108 cm³/mol. The van der Waals surface area contributed by atoms with E-state index in [4.69, 9.17) is 11.6 Å². The zero-order valence-electron chi connectivity index (χ0n) is 14.9. The van der Waals surface area contributed by atoms with E-state index in [9.17, 15) is 13.2 Å². The van der Waals surface area contributed by atoms with Crippen molar-refractivity contribution in [3.05, 3.63) is 63.1 Å². The normalized spacial score (nSPS) is 12.7. The molecule has 0 bridgehead atoms. The Morgan fingerprint density at radius 3 is 2.46 bits per heavy atom. The van der Waals surface area contributed by atoms with Gasteiger partial charge in [-0.3, -0.25) is 4.79 Å². The molecule has 140 valence electrons. The quantitative estimate of drug-likeness (QED) is 0.604. The van der Waals surface area contributed by atoms with Crippen LogP contribution in [0.4, 0.5) is 0 Å². The van der Waals surface area contributed by atoms with Gasteiger partial charge in [-0.05, 0) is 43.2 Å². The minimum atomic E-state index is -3.52. The Hall–Kier alpha value is -1.37. The molecule has 0 aliphatic carbocycles. The summed E-state index contributed by atoms with van der Waals surface area (Å²) >= 11 is 9.53. The standard InChI is InChI=1S/C19H21BrClNO3S/c1-4-11-22(13(2)15-7-5-6-8-16(15)20)19(23)14-9-10-17(21)18(12-14)26(3,24)25/h5-10,12-13H,4,11H2,1-3H3. The van der Waals surface area contributed by atoms with Crippen molar-refractivity contribution in [2.24, 2.45) is 0 Å². The van der Waals surface area contributed by atoms with Crippen LogP contribution in [-0.2, 0) is 9.84 Å². The number of halogens is 2. The Kier molecular flexibility index (Phi) is 6.88. The van der Waals surface area contributed by atoms with E-state index in [1.807, 2.05) is 38.1 Å². The highest BCUT2D eigenvalue weighted by molar-refractivity contribution is 9.10. The average molecular weight is 459 g/mol. The van der Waals surface area contributed by atoms with Gasteiger partial charge in [-0.15, -0.1) is 0 Å². The molecule has 0 aliphatic rings. The predicted octanol–water partition coefficient (Wildman–Crippen LogP) is 5.12. The first-order valence-corrected chi connectivity index (χ1v) is 11.3. The van der Waals surface area contributed by atoms with E-state index >= 15 is 0 Å². The average Bonchev–Trinajstić information content (AvgIpc) is 2.58. The molecule has 7 heteroatoms. The summed E-state index contributed by atoms with van der Waals surface area (Å²) in [5, 5.41) is 0.116. The maximum Gasteiger partial charge on any atom is 0.254 e. The number of hydrogen-bond donors (Lipinski definition) is 0. The highest BCUT2D eigenvalue weighted by Crippen LogP contribution is 2.30. The number of carbonyl (C=O) groups excluding carboxylic acids is 1. The summed E-state index contributed by atoms with van der Waals surface area (Å²) in [6.07, 6.45) is 1.86. The first-order chi connectivity index (χ1) is 12.2. The molecule has 0 saturated carbocycles. The van der Waals surface area contributed by atoms with Gasteiger partial charge in [0.25, 0.3) is 5.91 Å². The lowest BCUT2D eigenvalue weighted by atomic mass is 10.1. The zero-order valence-corrected chi connectivity index (χ0v) is 18.0. The fraction of sp³-hybridized carbons (Fsp3) is 0.316. The second-order valence-corrected chi connectivity index (χ2v) is 9.36. The zero-order chi connectivity index (χ0) is 19.5. The first-order valence-electron chi connectivity index (χ1n) is 8.21. The minimum Gasteiger partial charge on any atom is -0.332 e. The molecule has 1 unspecified atom stereocenters.